The molecule has 3 N–H and O–H groups in total. The van der Waals surface area contributed by atoms with Crippen molar-refractivity contribution < 1.29 is 22.6 Å². The third kappa shape index (κ3) is 7.19. The van der Waals surface area contributed by atoms with Gasteiger partial charge < -0.3 is 30.7 Å². The molecular weight excluding hydrogens is 559 g/mol. The third-order valence-corrected chi connectivity index (χ3v) is 8.97. The van der Waals surface area contributed by atoms with E-state index in [4.69, 9.17) is 5.73 Å². The van der Waals surface area contributed by atoms with Gasteiger partial charge in [0.15, 0.2) is 6.67 Å². The van der Waals surface area contributed by atoms with Gasteiger partial charge in [-0.25, -0.2) is 23.1 Å². The molecule has 0 bridgehead atoms. The third-order valence-electron chi connectivity index (χ3n) is 8.97. The summed E-state index contributed by atoms with van der Waals surface area (Å²) in [7, 11) is 0. The van der Waals surface area contributed by atoms with Crippen molar-refractivity contribution in [2.45, 2.75) is 63.6 Å². The lowest BCUT2D eigenvalue weighted by molar-refractivity contribution is -0.911. The van der Waals surface area contributed by atoms with Crippen LogP contribution in [0.2, 0.25) is 0 Å². The molecule has 2 aromatic rings. The van der Waals surface area contributed by atoms with Crippen LogP contribution in [0.3, 0.4) is 0 Å². The minimum absolute atomic E-state index is 0.00184. The zero-order valence-electron chi connectivity index (χ0n) is 24.5. The van der Waals surface area contributed by atoms with Crippen molar-refractivity contribution in [3.8, 4) is 0 Å². The van der Waals surface area contributed by atoms with Crippen LogP contribution in [-0.4, -0.2) is 76.4 Å². The molecular formula is C31H40F3N7O2. The molecule has 232 valence electrons. The average Bonchev–Trinajstić information content (AvgIpc) is 3.28. The highest BCUT2D eigenvalue weighted by atomic mass is 19.1. The summed E-state index contributed by atoms with van der Waals surface area (Å²) in [5, 5.41) is 17.6. The lowest BCUT2D eigenvalue weighted by Crippen LogP contribution is -2.56. The van der Waals surface area contributed by atoms with E-state index < -0.39 is 34.2 Å². The number of quaternary nitrogens is 1. The Bertz CT molecular complexity index is 1310. The first-order chi connectivity index (χ1) is 20.7. The summed E-state index contributed by atoms with van der Waals surface area (Å²) in [6, 6.07) is 1.42. The SMILES string of the molecule is CCCC(CCNC(=O)C1CCN(CCc2cnc(N)nc2)CC1)[N+]1([O-])CN(c2cc(F)cc(F)c2)C2C=C(F)C=CC21. The Kier molecular flexibility index (Phi) is 9.68. The fourth-order valence-electron chi connectivity index (χ4n) is 6.67. The first-order valence-corrected chi connectivity index (χ1v) is 15.1. The van der Waals surface area contributed by atoms with Crippen LogP contribution in [0.25, 0.3) is 0 Å². The van der Waals surface area contributed by atoms with Crippen LogP contribution in [0, 0.1) is 22.8 Å². The summed E-state index contributed by atoms with van der Waals surface area (Å²) < 4.78 is 41.8. The zero-order valence-corrected chi connectivity index (χ0v) is 24.5. The number of nitrogens with one attached hydrogen (secondary N) is 1. The van der Waals surface area contributed by atoms with E-state index in [2.05, 4.69) is 20.2 Å². The van der Waals surface area contributed by atoms with Gasteiger partial charge in [0, 0.05) is 49.6 Å². The molecule has 2 fully saturated rings. The minimum Gasteiger partial charge on any atom is -0.631 e. The maximum absolute atomic E-state index is 14.6. The number of likely N-dealkylation sites (tertiary alicyclic amines) is 1. The molecule has 2 aliphatic heterocycles. The Morgan fingerprint density at radius 1 is 1.14 bits per heavy atom. The van der Waals surface area contributed by atoms with Crippen molar-refractivity contribution in [2.75, 3.05) is 43.5 Å². The number of hydroxylamine groups is 3. The summed E-state index contributed by atoms with van der Waals surface area (Å²) in [5.41, 5.74) is 6.78. The number of amides is 1. The summed E-state index contributed by atoms with van der Waals surface area (Å²) in [6.45, 7) is 4.77. The minimum atomic E-state index is -0.756. The quantitative estimate of drug-likeness (QED) is 0.294. The maximum atomic E-state index is 14.6. The van der Waals surface area contributed by atoms with Crippen molar-refractivity contribution in [1.29, 1.82) is 0 Å². The van der Waals surface area contributed by atoms with Gasteiger partial charge in [0.25, 0.3) is 0 Å². The Balaban J connectivity index is 1.17. The number of anilines is 2. The predicted octanol–water partition coefficient (Wildman–Crippen LogP) is 4.22. The number of halogens is 3. The van der Waals surface area contributed by atoms with E-state index in [1.807, 2.05) is 6.92 Å². The number of rotatable bonds is 11. The van der Waals surface area contributed by atoms with Crippen molar-refractivity contribution in [3.63, 3.8) is 0 Å². The number of nitrogen functional groups attached to an aromatic ring is 1. The number of aromatic nitrogens is 2. The number of nitrogens with zero attached hydrogens (tertiary/aromatic N) is 5. The van der Waals surface area contributed by atoms with Gasteiger partial charge in [-0.3, -0.25) is 4.79 Å². The number of nitrogens with two attached hydrogens (primary N) is 1. The Morgan fingerprint density at radius 2 is 1.84 bits per heavy atom. The van der Waals surface area contributed by atoms with Crippen molar-refractivity contribution in [3.05, 3.63) is 77.1 Å². The van der Waals surface area contributed by atoms with Crippen LogP contribution in [0.4, 0.5) is 24.8 Å². The molecule has 5 rings (SSSR count). The number of benzene rings is 1. The number of piperidine rings is 1. The van der Waals surface area contributed by atoms with E-state index in [0.717, 1.165) is 56.9 Å². The van der Waals surface area contributed by atoms with Gasteiger partial charge in [0.05, 0.1) is 6.04 Å². The molecule has 2 saturated heterocycles. The van der Waals surface area contributed by atoms with Gasteiger partial charge in [0.1, 0.15) is 29.5 Å². The summed E-state index contributed by atoms with van der Waals surface area (Å²) in [4.78, 5) is 25.0. The number of hydrogen-bond acceptors (Lipinski definition) is 7. The summed E-state index contributed by atoms with van der Waals surface area (Å²) in [6.07, 6.45) is 11.8. The molecule has 3 heterocycles. The molecule has 3 aliphatic rings. The van der Waals surface area contributed by atoms with Crippen LogP contribution < -0.4 is 16.0 Å². The Labute approximate surface area is 250 Å². The van der Waals surface area contributed by atoms with Gasteiger partial charge >= 0.3 is 0 Å². The lowest BCUT2D eigenvalue weighted by Gasteiger charge is -2.49. The maximum Gasteiger partial charge on any atom is 0.223 e. The molecule has 43 heavy (non-hydrogen) atoms. The van der Waals surface area contributed by atoms with Crippen molar-refractivity contribution in [1.82, 2.24) is 20.2 Å². The second-order valence-electron chi connectivity index (χ2n) is 11.8. The van der Waals surface area contributed by atoms with Gasteiger partial charge in [-0.15, -0.1) is 0 Å². The number of allylic oxidation sites excluding steroid dienone is 2. The Hall–Kier alpha value is -3.48. The standard InChI is InChI=1S/C31H40F3N7O2/c1-2-3-27(6-10-36-30(42)22-8-12-39(13-9-22)11-7-21-18-37-31(35)38-19-21)41(43)20-40(26-15-24(33)14-25(34)16-26)28-17-23(32)4-5-29(28)41/h4-5,14-19,22,27-29H,2-3,6-13,20H2,1H3,(H,36,42)(H2,35,37,38). The van der Waals surface area contributed by atoms with E-state index in [9.17, 15) is 23.2 Å². The van der Waals surface area contributed by atoms with Crippen LogP contribution >= 0.6 is 0 Å². The molecule has 0 radical (unpaired) electrons. The molecule has 4 atom stereocenters. The van der Waals surface area contributed by atoms with Gasteiger partial charge in [-0.1, -0.05) is 13.3 Å². The monoisotopic (exact) mass is 599 g/mol. The first kappa shape index (κ1) is 31.0. The van der Waals surface area contributed by atoms with E-state index in [-0.39, 0.29) is 36.2 Å². The molecule has 1 aliphatic carbocycles. The van der Waals surface area contributed by atoms with Crippen LogP contribution in [0.15, 0.2) is 54.6 Å². The lowest BCUT2D eigenvalue weighted by atomic mass is 9.95. The highest BCUT2D eigenvalue weighted by molar-refractivity contribution is 5.78. The van der Waals surface area contributed by atoms with Gasteiger partial charge in [0.2, 0.25) is 11.9 Å². The first-order valence-electron chi connectivity index (χ1n) is 15.1. The topological polar surface area (TPSA) is 110 Å². The van der Waals surface area contributed by atoms with E-state index in [1.54, 1.807) is 23.4 Å². The van der Waals surface area contributed by atoms with E-state index >= 15 is 0 Å². The largest absolute Gasteiger partial charge is 0.631 e. The molecule has 4 unspecified atom stereocenters. The fraction of sp³-hybridized carbons (Fsp3) is 0.516. The Morgan fingerprint density at radius 3 is 2.51 bits per heavy atom. The zero-order chi connectivity index (χ0) is 30.6. The predicted molar refractivity (Wildman–Crippen MR) is 159 cm³/mol. The molecule has 12 heteroatoms. The number of carbonyl (C=O) groups is 1. The normalized spacial score (nSPS) is 25.0. The van der Waals surface area contributed by atoms with Crippen molar-refractivity contribution >= 4 is 17.5 Å². The van der Waals surface area contributed by atoms with E-state index in [1.165, 1.54) is 24.3 Å². The van der Waals surface area contributed by atoms with Crippen LogP contribution in [0.1, 0.15) is 44.6 Å². The van der Waals surface area contributed by atoms with Crippen LogP contribution in [-0.2, 0) is 11.2 Å². The molecule has 0 saturated carbocycles. The van der Waals surface area contributed by atoms with E-state index in [0.29, 0.717) is 19.4 Å². The molecule has 1 aromatic carbocycles. The smallest absolute Gasteiger partial charge is 0.223 e. The number of fused-ring (bicyclic) bond motifs is 1. The highest BCUT2D eigenvalue weighted by Gasteiger charge is 2.50. The second kappa shape index (κ2) is 13.4. The second-order valence-corrected chi connectivity index (χ2v) is 11.8. The van der Waals surface area contributed by atoms with Crippen LogP contribution in [0.5, 0.6) is 0 Å². The number of hydrogen-bond donors (Lipinski definition) is 2. The number of carbonyl (C=O) groups excluding carboxylic acids is 1. The van der Waals surface area contributed by atoms with Crippen molar-refractivity contribution in [2.24, 2.45) is 5.92 Å². The molecule has 1 aromatic heterocycles. The fourth-order valence-corrected chi connectivity index (χ4v) is 6.67. The molecule has 1 amide bonds. The summed E-state index contributed by atoms with van der Waals surface area (Å²) >= 11 is 0. The van der Waals surface area contributed by atoms with Gasteiger partial charge in [-0.2, -0.15) is 0 Å². The average molecular weight is 600 g/mol. The highest BCUT2D eigenvalue weighted by Crippen LogP contribution is 2.40. The van der Waals surface area contributed by atoms with Gasteiger partial charge in [-0.05, 0) is 74.7 Å². The summed E-state index contributed by atoms with van der Waals surface area (Å²) in [5.74, 6) is -1.82. The molecule has 0 spiro atoms. The molecule has 9 nitrogen and oxygen atoms in total.